The largest absolute Gasteiger partial charge is 0.480 e. The minimum absolute atomic E-state index is 0.637. The van der Waals surface area contributed by atoms with Crippen molar-refractivity contribution in [1.29, 1.82) is 0 Å². The summed E-state index contributed by atoms with van der Waals surface area (Å²) in [6.07, 6.45) is 1.51. The van der Waals surface area contributed by atoms with Crippen molar-refractivity contribution in [2.75, 3.05) is 12.8 Å². The molecule has 0 saturated carbocycles. The number of hydrogen-bond donors (Lipinski definition) is 2. The fourth-order valence-electron chi connectivity index (χ4n) is 1.66. The molecule has 0 radical (unpaired) electrons. The van der Waals surface area contributed by atoms with E-state index in [1.807, 2.05) is 6.07 Å². The third-order valence-corrected chi connectivity index (χ3v) is 4.18. The number of hydrogen-bond acceptors (Lipinski definition) is 3. The van der Waals surface area contributed by atoms with Crippen molar-refractivity contribution in [3.63, 3.8) is 0 Å². The standard InChI is InChI=1S/C14H21NO2S/c1-11-6-4-7-12(10-11)18-9-5-8-14(2,15-3)13(16)17/h4,6-7,10,15H,5,8-9H2,1-3H3,(H,16,17). The average molecular weight is 267 g/mol. The number of thioether (sulfide) groups is 1. The van der Waals surface area contributed by atoms with Crippen LogP contribution in [0.1, 0.15) is 25.3 Å². The highest BCUT2D eigenvalue weighted by Crippen LogP contribution is 2.22. The van der Waals surface area contributed by atoms with Crippen molar-refractivity contribution in [2.24, 2.45) is 0 Å². The fraction of sp³-hybridized carbons (Fsp3) is 0.500. The highest BCUT2D eigenvalue weighted by molar-refractivity contribution is 7.99. The van der Waals surface area contributed by atoms with Gasteiger partial charge in [-0.2, -0.15) is 0 Å². The van der Waals surface area contributed by atoms with Crippen LogP contribution in [0.25, 0.3) is 0 Å². The Bertz CT molecular complexity index is 409. The van der Waals surface area contributed by atoms with Crippen LogP contribution in [0, 0.1) is 6.92 Å². The topological polar surface area (TPSA) is 49.3 Å². The molecule has 0 bridgehead atoms. The van der Waals surface area contributed by atoms with Crippen molar-refractivity contribution >= 4 is 17.7 Å². The summed E-state index contributed by atoms with van der Waals surface area (Å²) in [7, 11) is 1.70. The number of rotatable bonds is 7. The van der Waals surface area contributed by atoms with Crippen molar-refractivity contribution in [2.45, 2.75) is 37.1 Å². The summed E-state index contributed by atoms with van der Waals surface area (Å²) in [6.45, 7) is 3.80. The lowest BCUT2D eigenvalue weighted by atomic mass is 9.97. The van der Waals surface area contributed by atoms with Gasteiger partial charge in [-0.05, 0) is 51.6 Å². The number of carbonyl (C=O) groups is 1. The first-order valence-corrected chi connectivity index (χ1v) is 7.08. The van der Waals surface area contributed by atoms with Crippen LogP contribution in [-0.4, -0.2) is 29.4 Å². The number of carboxylic acids is 1. The molecule has 0 heterocycles. The molecule has 0 aliphatic heterocycles. The van der Waals surface area contributed by atoms with Crippen LogP contribution in [0.2, 0.25) is 0 Å². The maximum Gasteiger partial charge on any atom is 0.323 e. The first kappa shape index (κ1) is 15.1. The number of carboxylic acid groups (broad SMARTS) is 1. The second kappa shape index (κ2) is 6.81. The molecule has 1 aromatic rings. The van der Waals surface area contributed by atoms with Crippen LogP contribution < -0.4 is 5.32 Å². The zero-order valence-corrected chi connectivity index (χ0v) is 12.0. The summed E-state index contributed by atoms with van der Waals surface area (Å²) >= 11 is 1.78. The van der Waals surface area contributed by atoms with E-state index in [1.54, 1.807) is 25.7 Å². The molecular formula is C14H21NO2S. The van der Waals surface area contributed by atoms with Crippen LogP contribution in [0.15, 0.2) is 29.2 Å². The number of nitrogens with one attached hydrogen (secondary N) is 1. The zero-order chi connectivity index (χ0) is 13.6. The van der Waals surface area contributed by atoms with Crippen LogP contribution in [0.4, 0.5) is 0 Å². The molecule has 1 rings (SSSR count). The molecule has 0 spiro atoms. The second-order valence-electron chi connectivity index (χ2n) is 4.66. The molecule has 100 valence electrons. The Morgan fingerprint density at radius 1 is 1.50 bits per heavy atom. The lowest BCUT2D eigenvalue weighted by molar-refractivity contribution is -0.144. The molecule has 0 saturated heterocycles. The maximum absolute atomic E-state index is 11.1. The van der Waals surface area contributed by atoms with E-state index in [0.717, 1.165) is 12.2 Å². The van der Waals surface area contributed by atoms with E-state index in [0.29, 0.717) is 6.42 Å². The predicted molar refractivity (Wildman–Crippen MR) is 76.2 cm³/mol. The monoisotopic (exact) mass is 267 g/mol. The third-order valence-electron chi connectivity index (χ3n) is 3.10. The lowest BCUT2D eigenvalue weighted by Crippen LogP contribution is -2.47. The van der Waals surface area contributed by atoms with Gasteiger partial charge in [-0.25, -0.2) is 0 Å². The fourth-order valence-corrected chi connectivity index (χ4v) is 2.63. The van der Waals surface area contributed by atoms with Gasteiger partial charge in [0.1, 0.15) is 5.54 Å². The van der Waals surface area contributed by atoms with E-state index in [9.17, 15) is 4.79 Å². The Balaban J connectivity index is 2.37. The number of likely N-dealkylation sites (N-methyl/N-ethyl adjacent to an activating group) is 1. The maximum atomic E-state index is 11.1. The van der Waals surface area contributed by atoms with Gasteiger partial charge in [0.15, 0.2) is 0 Å². The van der Waals surface area contributed by atoms with Gasteiger partial charge in [-0.1, -0.05) is 17.7 Å². The minimum atomic E-state index is -0.812. The molecule has 4 heteroatoms. The molecule has 0 fully saturated rings. The van der Waals surface area contributed by atoms with Crippen molar-refractivity contribution in [1.82, 2.24) is 5.32 Å². The van der Waals surface area contributed by atoms with E-state index in [1.165, 1.54) is 10.5 Å². The molecule has 1 unspecified atom stereocenters. The molecule has 0 amide bonds. The van der Waals surface area contributed by atoms with E-state index >= 15 is 0 Å². The normalized spacial score (nSPS) is 14.2. The van der Waals surface area contributed by atoms with E-state index in [2.05, 4.69) is 30.4 Å². The van der Waals surface area contributed by atoms with Gasteiger partial charge in [0.2, 0.25) is 0 Å². The van der Waals surface area contributed by atoms with Crippen LogP contribution in [-0.2, 0) is 4.79 Å². The molecule has 0 aliphatic carbocycles. The number of benzene rings is 1. The molecule has 2 N–H and O–H groups in total. The van der Waals surface area contributed by atoms with E-state index < -0.39 is 11.5 Å². The number of aliphatic carboxylic acids is 1. The highest BCUT2D eigenvalue weighted by atomic mass is 32.2. The summed E-state index contributed by atoms with van der Waals surface area (Å²) in [6, 6.07) is 8.37. The molecule has 1 aromatic carbocycles. The Morgan fingerprint density at radius 3 is 2.78 bits per heavy atom. The van der Waals surface area contributed by atoms with Gasteiger partial charge < -0.3 is 10.4 Å². The Hall–Kier alpha value is -1.00. The SMILES string of the molecule is CNC(C)(CCCSc1cccc(C)c1)C(=O)O. The predicted octanol–water partition coefficient (Wildman–Crippen LogP) is 2.93. The van der Waals surface area contributed by atoms with Crippen molar-refractivity contribution < 1.29 is 9.90 Å². The first-order chi connectivity index (χ1) is 8.48. The molecule has 18 heavy (non-hydrogen) atoms. The second-order valence-corrected chi connectivity index (χ2v) is 5.82. The summed E-state index contributed by atoms with van der Waals surface area (Å²) in [5, 5.41) is 12.0. The summed E-state index contributed by atoms with van der Waals surface area (Å²) < 4.78 is 0. The van der Waals surface area contributed by atoms with E-state index in [4.69, 9.17) is 5.11 Å². The highest BCUT2D eigenvalue weighted by Gasteiger charge is 2.30. The van der Waals surface area contributed by atoms with Crippen LogP contribution >= 0.6 is 11.8 Å². The van der Waals surface area contributed by atoms with Crippen LogP contribution in [0.5, 0.6) is 0 Å². The third kappa shape index (κ3) is 4.35. The Morgan fingerprint density at radius 2 is 2.22 bits per heavy atom. The molecule has 0 aromatic heterocycles. The Kier molecular flexibility index (Phi) is 5.69. The number of aryl methyl sites for hydroxylation is 1. The molecular weight excluding hydrogens is 246 g/mol. The van der Waals surface area contributed by atoms with Gasteiger partial charge >= 0.3 is 5.97 Å². The van der Waals surface area contributed by atoms with Gasteiger partial charge in [0, 0.05) is 4.90 Å². The molecule has 1 atom stereocenters. The van der Waals surface area contributed by atoms with E-state index in [-0.39, 0.29) is 0 Å². The van der Waals surface area contributed by atoms with Gasteiger partial charge in [0.25, 0.3) is 0 Å². The lowest BCUT2D eigenvalue weighted by Gasteiger charge is -2.23. The summed E-state index contributed by atoms with van der Waals surface area (Å²) in [4.78, 5) is 12.3. The van der Waals surface area contributed by atoms with Crippen molar-refractivity contribution in [3.05, 3.63) is 29.8 Å². The molecule has 0 aliphatic rings. The van der Waals surface area contributed by atoms with Gasteiger partial charge in [-0.15, -0.1) is 11.8 Å². The quantitative estimate of drug-likeness (QED) is 0.589. The van der Waals surface area contributed by atoms with Gasteiger partial charge in [-0.3, -0.25) is 4.79 Å². The summed E-state index contributed by atoms with van der Waals surface area (Å²) in [5.41, 5.74) is 0.443. The average Bonchev–Trinajstić information content (AvgIpc) is 2.34. The smallest absolute Gasteiger partial charge is 0.323 e. The minimum Gasteiger partial charge on any atom is -0.480 e. The van der Waals surface area contributed by atoms with Gasteiger partial charge in [0.05, 0.1) is 0 Å². The zero-order valence-electron chi connectivity index (χ0n) is 11.2. The summed E-state index contributed by atoms with van der Waals surface area (Å²) in [5.74, 6) is 0.152. The Labute approximate surface area is 113 Å². The molecule has 3 nitrogen and oxygen atoms in total. The van der Waals surface area contributed by atoms with Crippen LogP contribution in [0.3, 0.4) is 0 Å². The van der Waals surface area contributed by atoms with Crippen molar-refractivity contribution in [3.8, 4) is 0 Å². The first-order valence-electron chi connectivity index (χ1n) is 6.10.